The van der Waals surface area contributed by atoms with Crippen LogP contribution < -0.4 is 5.73 Å². The molecule has 1 aliphatic heterocycles. The molecule has 0 aromatic heterocycles. The average Bonchev–Trinajstić information content (AvgIpc) is 2.77. The number of oxime groups is 1. The topological polar surface area (TPSA) is 88.1 Å². The highest BCUT2D eigenvalue weighted by atomic mass is 16.5. The van der Waals surface area contributed by atoms with E-state index in [1.807, 2.05) is 0 Å². The van der Waals surface area contributed by atoms with Crippen LogP contribution in [-0.4, -0.2) is 48.2 Å². The maximum atomic E-state index is 11.7. The fourth-order valence-electron chi connectivity index (χ4n) is 1.46. The molecule has 1 rings (SSSR count). The summed E-state index contributed by atoms with van der Waals surface area (Å²) in [6.45, 7) is 1.10. The number of ether oxygens (including phenoxy) is 1. The van der Waals surface area contributed by atoms with Crippen LogP contribution in [0.5, 0.6) is 0 Å². The molecule has 1 unspecified atom stereocenters. The molecule has 0 aromatic carbocycles. The number of hydrogen-bond acceptors (Lipinski definition) is 4. The zero-order valence-electron chi connectivity index (χ0n) is 8.85. The van der Waals surface area contributed by atoms with Gasteiger partial charge in [0.25, 0.3) is 5.91 Å². The number of carbonyl (C=O) groups is 1. The van der Waals surface area contributed by atoms with Gasteiger partial charge in [0.2, 0.25) is 0 Å². The predicted octanol–water partition coefficient (Wildman–Crippen LogP) is -0.240. The normalized spacial score (nSPS) is 21.7. The van der Waals surface area contributed by atoms with Gasteiger partial charge in [0.05, 0.1) is 0 Å². The predicted molar refractivity (Wildman–Crippen MR) is 54.6 cm³/mol. The Labute approximate surface area is 88.7 Å². The molecule has 0 saturated carbocycles. The van der Waals surface area contributed by atoms with Crippen molar-refractivity contribution >= 4 is 11.7 Å². The highest BCUT2D eigenvalue weighted by Gasteiger charge is 2.26. The number of nitrogens with two attached hydrogens (primary N) is 1. The van der Waals surface area contributed by atoms with Gasteiger partial charge in [-0.2, -0.15) is 0 Å². The fraction of sp³-hybridized carbons (Fsp3) is 0.778. The maximum absolute atomic E-state index is 11.7. The Morgan fingerprint density at radius 3 is 3.00 bits per heavy atom. The lowest BCUT2D eigenvalue weighted by molar-refractivity contribution is -0.139. The minimum absolute atomic E-state index is 0.0294. The van der Waals surface area contributed by atoms with Crippen LogP contribution in [0.25, 0.3) is 0 Å². The van der Waals surface area contributed by atoms with Crippen molar-refractivity contribution in [3.05, 3.63) is 0 Å². The molecule has 0 spiro atoms. The van der Waals surface area contributed by atoms with Crippen molar-refractivity contribution in [2.45, 2.75) is 25.4 Å². The molecule has 1 aliphatic rings. The van der Waals surface area contributed by atoms with E-state index in [1.54, 1.807) is 11.9 Å². The highest BCUT2D eigenvalue weighted by molar-refractivity contribution is 5.83. The number of amidine groups is 1. The Morgan fingerprint density at radius 2 is 2.47 bits per heavy atom. The molecule has 15 heavy (non-hydrogen) atoms. The van der Waals surface area contributed by atoms with Crippen molar-refractivity contribution in [3.8, 4) is 0 Å². The number of rotatable bonds is 4. The number of carbonyl (C=O) groups excluding carboxylic acids is 1. The Balaban J connectivity index is 2.32. The summed E-state index contributed by atoms with van der Waals surface area (Å²) in [6.07, 6.45) is 1.78. The third-order valence-electron chi connectivity index (χ3n) is 2.41. The Kier molecular flexibility index (Phi) is 4.36. The van der Waals surface area contributed by atoms with Crippen molar-refractivity contribution < 1.29 is 14.7 Å². The molecule has 0 aliphatic carbocycles. The third kappa shape index (κ3) is 3.39. The van der Waals surface area contributed by atoms with Gasteiger partial charge in [-0.25, -0.2) is 0 Å². The van der Waals surface area contributed by atoms with E-state index in [1.165, 1.54) is 0 Å². The quantitative estimate of drug-likeness (QED) is 0.293. The Bertz CT molecular complexity index is 249. The van der Waals surface area contributed by atoms with E-state index < -0.39 is 0 Å². The summed E-state index contributed by atoms with van der Waals surface area (Å²) in [5.74, 6) is 0.0974. The molecule has 1 atom stereocenters. The molecule has 0 aromatic rings. The van der Waals surface area contributed by atoms with Crippen molar-refractivity contribution in [2.24, 2.45) is 10.9 Å². The zero-order valence-corrected chi connectivity index (χ0v) is 8.85. The van der Waals surface area contributed by atoms with Crippen LogP contribution in [0.2, 0.25) is 0 Å². The molecule has 1 amide bonds. The van der Waals surface area contributed by atoms with E-state index in [2.05, 4.69) is 5.16 Å². The molecule has 1 fully saturated rings. The van der Waals surface area contributed by atoms with Crippen molar-refractivity contribution in [3.63, 3.8) is 0 Å². The van der Waals surface area contributed by atoms with Gasteiger partial charge in [0, 0.05) is 26.6 Å². The van der Waals surface area contributed by atoms with Crippen LogP contribution in [0.4, 0.5) is 0 Å². The summed E-state index contributed by atoms with van der Waals surface area (Å²) < 4.78 is 5.27. The summed E-state index contributed by atoms with van der Waals surface area (Å²) in [6, 6.07) is 0. The number of likely N-dealkylation sites (N-methyl/N-ethyl adjacent to an activating group) is 1. The summed E-state index contributed by atoms with van der Waals surface area (Å²) in [5, 5.41) is 11.2. The summed E-state index contributed by atoms with van der Waals surface area (Å²) in [5.41, 5.74) is 5.31. The second-order valence-corrected chi connectivity index (χ2v) is 3.60. The van der Waals surface area contributed by atoms with Crippen LogP contribution >= 0.6 is 0 Å². The molecular formula is C9H17N3O3. The van der Waals surface area contributed by atoms with E-state index in [4.69, 9.17) is 15.7 Å². The summed E-state index contributed by atoms with van der Waals surface area (Å²) >= 11 is 0. The smallest absolute Gasteiger partial charge is 0.251 e. The van der Waals surface area contributed by atoms with Gasteiger partial charge in [-0.15, -0.1) is 0 Å². The van der Waals surface area contributed by atoms with Gasteiger partial charge in [-0.3, -0.25) is 4.79 Å². The van der Waals surface area contributed by atoms with Crippen molar-refractivity contribution in [1.82, 2.24) is 4.90 Å². The Hall–Kier alpha value is -1.30. The SMILES string of the molecule is CN(CC/C(N)=N/O)C(=O)C1CCCO1. The minimum atomic E-state index is -0.303. The number of amides is 1. The minimum Gasteiger partial charge on any atom is -0.409 e. The molecule has 1 heterocycles. The first-order valence-corrected chi connectivity index (χ1v) is 4.98. The fourth-order valence-corrected chi connectivity index (χ4v) is 1.46. The zero-order chi connectivity index (χ0) is 11.3. The second-order valence-electron chi connectivity index (χ2n) is 3.60. The molecular weight excluding hydrogens is 198 g/mol. The molecule has 86 valence electrons. The van der Waals surface area contributed by atoms with E-state index in [0.29, 0.717) is 19.6 Å². The molecule has 0 bridgehead atoms. The first-order chi connectivity index (χ1) is 7.15. The maximum Gasteiger partial charge on any atom is 0.251 e. The molecule has 6 nitrogen and oxygen atoms in total. The average molecular weight is 215 g/mol. The van der Waals surface area contributed by atoms with E-state index >= 15 is 0 Å². The Morgan fingerprint density at radius 1 is 1.73 bits per heavy atom. The molecule has 3 N–H and O–H groups in total. The van der Waals surface area contributed by atoms with Crippen molar-refractivity contribution in [1.29, 1.82) is 0 Å². The van der Waals surface area contributed by atoms with Crippen LogP contribution in [0.3, 0.4) is 0 Å². The second kappa shape index (κ2) is 5.55. The first kappa shape index (κ1) is 11.8. The van der Waals surface area contributed by atoms with Gasteiger partial charge < -0.3 is 20.6 Å². The summed E-state index contributed by atoms with van der Waals surface area (Å²) in [7, 11) is 1.69. The van der Waals surface area contributed by atoms with Gasteiger partial charge in [-0.05, 0) is 12.8 Å². The van der Waals surface area contributed by atoms with Gasteiger partial charge in [0.15, 0.2) is 0 Å². The lowest BCUT2D eigenvalue weighted by atomic mass is 10.2. The van der Waals surface area contributed by atoms with E-state index in [9.17, 15) is 4.79 Å². The van der Waals surface area contributed by atoms with Crippen LogP contribution in [0, 0.1) is 0 Å². The van der Waals surface area contributed by atoms with E-state index in [0.717, 1.165) is 12.8 Å². The molecule has 1 saturated heterocycles. The van der Waals surface area contributed by atoms with Gasteiger partial charge >= 0.3 is 0 Å². The lowest BCUT2D eigenvalue weighted by Gasteiger charge is -2.20. The number of nitrogens with zero attached hydrogens (tertiary/aromatic N) is 2. The summed E-state index contributed by atoms with van der Waals surface area (Å²) in [4.78, 5) is 13.3. The first-order valence-electron chi connectivity index (χ1n) is 4.98. The van der Waals surface area contributed by atoms with Crippen LogP contribution in [-0.2, 0) is 9.53 Å². The lowest BCUT2D eigenvalue weighted by Crippen LogP contribution is -2.37. The molecule has 0 radical (unpaired) electrons. The highest BCUT2D eigenvalue weighted by Crippen LogP contribution is 2.14. The van der Waals surface area contributed by atoms with Crippen LogP contribution in [0.1, 0.15) is 19.3 Å². The van der Waals surface area contributed by atoms with Crippen LogP contribution in [0.15, 0.2) is 5.16 Å². The standard InChI is InChI=1S/C9H17N3O3/c1-12(5-4-8(10)11-14)9(13)7-3-2-6-15-7/h7,14H,2-6H2,1H3,(H2,10,11). The third-order valence-corrected chi connectivity index (χ3v) is 2.41. The largest absolute Gasteiger partial charge is 0.409 e. The van der Waals surface area contributed by atoms with E-state index in [-0.39, 0.29) is 17.8 Å². The van der Waals surface area contributed by atoms with Crippen molar-refractivity contribution in [2.75, 3.05) is 20.2 Å². The van der Waals surface area contributed by atoms with Gasteiger partial charge in [0.1, 0.15) is 11.9 Å². The monoisotopic (exact) mass is 215 g/mol. The van der Waals surface area contributed by atoms with Gasteiger partial charge in [-0.1, -0.05) is 5.16 Å². The number of hydrogen-bond donors (Lipinski definition) is 2. The molecule has 6 heteroatoms.